The minimum absolute atomic E-state index is 0.183. The van der Waals surface area contributed by atoms with Crippen molar-refractivity contribution in [1.29, 1.82) is 0 Å². The Bertz CT molecular complexity index is 784. The molecule has 0 radical (unpaired) electrons. The van der Waals surface area contributed by atoms with Gasteiger partial charge in [0.15, 0.2) is 0 Å². The largest absolute Gasteiger partial charge is 0.497 e. The number of anilines is 1. The Labute approximate surface area is 161 Å². The van der Waals surface area contributed by atoms with E-state index in [2.05, 4.69) is 10.3 Å². The number of carbonyl (C=O) groups excluding carboxylic acids is 1. The summed E-state index contributed by atoms with van der Waals surface area (Å²) in [5, 5.41) is 2.96. The molecule has 2 aromatic rings. The van der Waals surface area contributed by atoms with Crippen LogP contribution in [0.25, 0.3) is 0 Å². The number of pyridine rings is 1. The van der Waals surface area contributed by atoms with Crippen LogP contribution in [0.4, 0.5) is 10.1 Å². The van der Waals surface area contributed by atoms with E-state index in [0.717, 1.165) is 0 Å². The standard InChI is InChI=1S/C14H11Cl2FN2O2.C5H8/c1-21-9-2-3-10(8(4-9)5-17)14(20)19-13-11(15)6-18-7-12(13)16;1-2-5-3-4(1)5/h2-4,6-7H,5H2,1H3,(H,18,19,20);4-5H,1-3H2. The first kappa shape index (κ1) is 18.9. The quantitative estimate of drug-likeness (QED) is 0.738. The number of hydrogen-bond acceptors (Lipinski definition) is 3. The number of benzene rings is 1. The molecule has 4 nitrogen and oxygen atoms in total. The zero-order valence-corrected chi connectivity index (χ0v) is 15.8. The maximum absolute atomic E-state index is 13.1. The molecule has 1 aromatic heterocycles. The predicted molar refractivity (Wildman–Crippen MR) is 101 cm³/mol. The number of methoxy groups -OCH3 is 1. The Hall–Kier alpha value is -1.85. The normalized spacial score (nSPS) is 19.4. The number of rotatable bonds is 4. The van der Waals surface area contributed by atoms with Gasteiger partial charge in [0.1, 0.15) is 12.4 Å². The molecule has 0 bridgehead atoms. The molecule has 4 rings (SSSR count). The van der Waals surface area contributed by atoms with Gasteiger partial charge in [0, 0.05) is 18.0 Å². The first-order valence-corrected chi connectivity index (χ1v) is 9.12. The summed E-state index contributed by atoms with van der Waals surface area (Å²) < 4.78 is 18.1. The Kier molecular flexibility index (Phi) is 5.99. The van der Waals surface area contributed by atoms with Crippen molar-refractivity contribution in [2.75, 3.05) is 12.4 Å². The van der Waals surface area contributed by atoms with Gasteiger partial charge in [-0.15, -0.1) is 0 Å². The van der Waals surface area contributed by atoms with Crippen molar-refractivity contribution in [3.05, 3.63) is 51.8 Å². The van der Waals surface area contributed by atoms with Crippen molar-refractivity contribution >= 4 is 34.8 Å². The van der Waals surface area contributed by atoms with Gasteiger partial charge in [-0.05, 0) is 54.9 Å². The predicted octanol–water partition coefficient (Wildman–Crippen LogP) is 5.54. The van der Waals surface area contributed by atoms with Crippen molar-refractivity contribution in [3.63, 3.8) is 0 Å². The summed E-state index contributed by atoms with van der Waals surface area (Å²) in [6, 6.07) is 4.51. The summed E-state index contributed by atoms with van der Waals surface area (Å²) in [4.78, 5) is 16.0. The van der Waals surface area contributed by atoms with Gasteiger partial charge < -0.3 is 10.1 Å². The maximum atomic E-state index is 13.1. The molecule has 2 saturated carbocycles. The SMILES string of the molecule is C1CC2CC12.COc1ccc(C(=O)Nc2c(Cl)cncc2Cl)c(CF)c1. The second-order valence-electron chi connectivity index (χ2n) is 6.42. The number of halogens is 3. The van der Waals surface area contributed by atoms with Crippen LogP contribution < -0.4 is 10.1 Å². The summed E-state index contributed by atoms with van der Waals surface area (Å²) in [6.07, 6.45) is 7.41. The summed E-state index contributed by atoms with van der Waals surface area (Å²) >= 11 is 11.9. The van der Waals surface area contributed by atoms with Gasteiger partial charge in [-0.3, -0.25) is 9.78 Å². The lowest BCUT2D eigenvalue weighted by atomic mass is 10.0. The molecule has 2 aliphatic carbocycles. The van der Waals surface area contributed by atoms with Crippen molar-refractivity contribution in [1.82, 2.24) is 4.98 Å². The van der Waals surface area contributed by atoms with Gasteiger partial charge >= 0.3 is 0 Å². The molecular weight excluding hydrogens is 378 g/mol. The second-order valence-corrected chi connectivity index (χ2v) is 7.24. The highest BCUT2D eigenvalue weighted by Gasteiger charge is 2.44. The molecular formula is C19H19Cl2FN2O2. The van der Waals surface area contributed by atoms with Crippen LogP contribution in [0.5, 0.6) is 5.75 Å². The Balaban J connectivity index is 0.000000328. The van der Waals surface area contributed by atoms with E-state index in [4.69, 9.17) is 27.9 Å². The Morgan fingerprint density at radius 1 is 1.27 bits per heavy atom. The van der Waals surface area contributed by atoms with E-state index in [1.165, 1.54) is 43.5 Å². The molecule has 0 spiro atoms. The van der Waals surface area contributed by atoms with Crippen LogP contribution in [0.2, 0.25) is 10.0 Å². The van der Waals surface area contributed by atoms with Crippen LogP contribution in [-0.4, -0.2) is 18.0 Å². The lowest BCUT2D eigenvalue weighted by molar-refractivity contribution is 0.102. The molecule has 2 fully saturated rings. The summed E-state index contributed by atoms with van der Waals surface area (Å²) in [7, 11) is 1.47. The Morgan fingerprint density at radius 2 is 1.92 bits per heavy atom. The number of nitrogens with zero attached hydrogens (tertiary/aromatic N) is 1. The van der Waals surface area contributed by atoms with E-state index < -0.39 is 12.6 Å². The number of fused-ring (bicyclic) bond motifs is 1. The summed E-state index contributed by atoms with van der Waals surface area (Å²) in [5.74, 6) is 2.42. The van der Waals surface area contributed by atoms with Gasteiger partial charge in [0.2, 0.25) is 0 Å². The molecule has 2 atom stereocenters. The third kappa shape index (κ3) is 4.27. The molecule has 138 valence electrons. The smallest absolute Gasteiger partial charge is 0.256 e. The number of hydrogen-bond donors (Lipinski definition) is 1. The van der Waals surface area contributed by atoms with Crippen molar-refractivity contribution in [2.24, 2.45) is 11.8 Å². The van der Waals surface area contributed by atoms with Crippen molar-refractivity contribution in [2.45, 2.75) is 25.9 Å². The number of nitrogens with one attached hydrogen (secondary N) is 1. The number of carbonyl (C=O) groups is 1. The third-order valence-corrected chi connectivity index (χ3v) is 5.34. The average molecular weight is 397 g/mol. The lowest BCUT2D eigenvalue weighted by Gasteiger charge is -2.11. The molecule has 1 N–H and O–H groups in total. The minimum Gasteiger partial charge on any atom is -0.497 e. The molecule has 2 unspecified atom stereocenters. The fraction of sp³-hybridized carbons (Fsp3) is 0.368. The van der Waals surface area contributed by atoms with Gasteiger partial charge in [-0.2, -0.15) is 0 Å². The molecule has 26 heavy (non-hydrogen) atoms. The highest BCUT2D eigenvalue weighted by molar-refractivity contribution is 6.39. The number of amides is 1. The first-order chi connectivity index (χ1) is 12.5. The first-order valence-electron chi connectivity index (χ1n) is 8.36. The molecule has 0 aliphatic heterocycles. The van der Waals surface area contributed by atoms with Crippen LogP contribution in [0.3, 0.4) is 0 Å². The fourth-order valence-corrected chi connectivity index (χ4v) is 3.38. The average Bonchev–Trinajstić information content (AvgIpc) is 3.23. The van der Waals surface area contributed by atoms with E-state index in [-0.39, 0.29) is 26.9 Å². The molecule has 1 aromatic carbocycles. The van der Waals surface area contributed by atoms with Gasteiger partial charge in [-0.1, -0.05) is 23.2 Å². The van der Waals surface area contributed by atoms with Gasteiger partial charge in [0.25, 0.3) is 5.91 Å². The number of ether oxygens (including phenoxy) is 1. The van der Waals surface area contributed by atoms with Gasteiger partial charge in [-0.25, -0.2) is 4.39 Å². The molecule has 1 heterocycles. The van der Waals surface area contributed by atoms with Crippen LogP contribution in [-0.2, 0) is 6.67 Å². The van der Waals surface area contributed by atoms with E-state index in [0.29, 0.717) is 5.75 Å². The molecule has 1 amide bonds. The molecule has 0 saturated heterocycles. The Morgan fingerprint density at radius 3 is 2.38 bits per heavy atom. The lowest BCUT2D eigenvalue weighted by Crippen LogP contribution is -2.15. The van der Waals surface area contributed by atoms with E-state index in [1.54, 1.807) is 25.3 Å². The van der Waals surface area contributed by atoms with Crippen LogP contribution >= 0.6 is 23.2 Å². The highest BCUT2D eigenvalue weighted by atomic mass is 35.5. The van der Waals surface area contributed by atoms with Crippen molar-refractivity contribution < 1.29 is 13.9 Å². The van der Waals surface area contributed by atoms with Gasteiger partial charge in [0.05, 0.1) is 22.8 Å². The number of alkyl halides is 1. The minimum atomic E-state index is -0.794. The monoisotopic (exact) mass is 396 g/mol. The van der Waals surface area contributed by atoms with E-state index >= 15 is 0 Å². The van der Waals surface area contributed by atoms with Crippen LogP contribution in [0, 0.1) is 11.8 Å². The number of aromatic nitrogens is 1. The van der Waals surface area contributed by atoms with Crippen LogP contribution in [0.1, 0.15) is 35.2 Å². The van der Waals surface area contributed by atoms with E-state index in [1.807, 2.05) is 0 Å². The topological polar surface area (TPSA) is 51.2 Å². The fourth-order valence-electron chi connectivity index (χ4n) is 2.92. The second kappa shape index (κ2) is 8.23. The molecule has 7 heteroatoms. The zero-order chi connectivity index (χ0) is 18.7. The van der Waals surface area contributed by atoms with Crippen LogP contribution in [0.15, 0.2) is 30.6 Å². The third-order valence-electron chi connectivity index (χ3n) is 4.77. The summed E-state index contributed by atoms with van der Waals surface area (Å²) in [5.41, 5.74) is 0.634. The zero-order valence-electron chi connectivity index (χ0n) is 14.3. The summed E-state index contributed by atoms with van der Waals surface area (Å²) in [6.45, 7) is -0.794. The van der Waals surface area contributed by atoms with Crippen molar-refractivity contribution in [3.8, 4) is 5.75 Å². The van der Waals surface area contributed by atoms with E-state index in [9.17, 15) is 9.18 Å². The maximum Gasteiger partial charge on any atom is 0.256 e. The molecule has 2 aliphatic rings. The highest BCUT2D eigenvalue weighted by Crippen LogP contribution is 2.55.